The Hall–Kier alpha value is -2.50. The van der Waals surface area contributed by atoms with E-state index in [1.165, 1.54) is 12.1 Å². The Labute approximate surface area is 203 Å². The first-order valence-corrected chi connectivity index (χ1v) is 12.8. The summed E-state index contributed by atoms with van der Waals surface area (Å²) >= 11 is 6.06. The number of nitrogens with one attached hydrogen (secondary N) is 1. The van der Waals surface area contributed by atoms with Gasteiger partial charge in [-0.25, -0.2) is 13.1 Å². The van der Waals surface area contributed by atoms with Crippen LogP contribution in [-0.4, -0.2) is 60.5 Å². The average molecular weight is 507 g/mol. The Bertz CT molecular complexity index is 1220. The van der Waals surface area contributed by atoms with E-state index >= 15 is 0 Å². The van der Waals surface area contributed by atoms with E-state index in [1.807, 2.05) is 30.5 Å². The van der Waals surface area contributed by atoms with Crippen molar-refractivity contribution >= 4 is 21.6 Å². The molecule has 1 aromatic heterocycles. The average Bonchev–Trinajstić information content (AvgIpc) is 3.32. The van der Waals surface area contributed by atoms with Gasteiger partial charge in [-0.05, 0) is 43.5 Å². The van der Waals surface area contributed by atoms with Crippen molar-refractivity contribution in [1.82, 2.24) is 19.7 Å². The van der Waals surface area contributed by atoms with Crippen LogP contribution in [0.15, 0.2) is 59.6 Å². The zero-order valence-electron chi connectivity index (χ0n) is 18.7. The maximum Gasteiger partial charge on any atom is 0.242 e. The third kappa shape index (κ3) is 5.76. The summed E-state index contributed by atoms with van der Waals surface area (Å²) in [5, 5.41) is 18.4. The van der Waals surface area contributed by atoms with Crippen molar-refractivity contribution in [2.75, 3.05) is 13.7 Å². The minimum atomic E-state index is -3.84. The molecule has 3 aromatic rings. The third-order valence-corrected chi connectivity index (χ3v) is 7.80. The Morgan fingerprint density at radius 2 is 2.06 bits per heavy atom. The molecule has 1 fully saturated rings. The topological polar surface area (TPSA) is 116 Å². The van der Waals surface area contributed by atoms with Gasteiger partial charge in [0.25, 0.3) is 0 Å². The molecule has 11 heteroatoms. The second-order valence-electron chi connectivity index (χ2n) is 8.10. The molecule has 0 aliphatic carbocycles. The number of methoxy groups -OCH3 is 1. The van der Waals surface area contributed by atoms with Crippen LogP contribution in [0.25, 0.3) is 11.3 Å². The van der Waals surface area contributed by atoms with Gasteiger partial charge in [-0.2, -0.15) is 0 Å². The maximum absolute atomic E-state index is 12.8. The molecule has 182 valence electrons. The number of aryl methyl sites for hydroxylation is 1. The van der Waals surface area contributed by atoms with Crippen LogP contribution in [-0.2, 0) is 21.3 Å². The summed E-state index contributed by atoms with van der Waals surface area (Å²) in [6.07, 6.45) is 2.90. The standard InChI is InChI=1S/C23H27ClN4O5S/c1-32-18-6-4-5-16(13-18)21-14-28(27-25-21)12-11-17-9-10-20(22(15-29)33-17)26-34(30,31)23-8-3-2-7-19(23)24/h2-8,13-14,17,20,22,26,29H,9-12,15H2,1H3/t17-,20+,22-/m0/s1. The van der Waals surface area contributed by atoms with Gasteiger partial charge in [-0.1, -0.05) is 41.1 Å². The molecule has 9 nitrogen and oxygen atoms in total. The lowest BCUT2D eigenvalue weighted by molar-refractivity contribution is -0.0891. The van der Waals surface area contributed by atoms with Gasteiger partial charge < -0.3 is 14.6 Å². The molecule has 4 rings (SSSR count). The Balaban J connectivity index is 1.34. The lowest BCUT2D eigenvalue weighted by Crippen LogP contribution is -2.51. The van der Waals surface area contributed by atoms with Crippen LogP contribution in [0.5, 0.6) is 5.75 Å². The molecule has 3 atom stereocenters. The van der Waals surface area contributed by atoms with E-state index < -0.39 is 22.2 Å². The van der Waals surface area contributed by atoms with Gasteiger partial charge in [0, 0.05) is 12.1 Å². The lowest BCUT2D eigenvalue weighted by atomic mass is 9.98. The number of benzene rings is 2. The predicted molar refractivity (Wildman–Crippen MR) is 127 cm³/mol. The van der Waals surface area contributed by atoms with Crippen LogP contribution in [0.2, 0.25) is 5.02 Å². The second-order valence-corrected chi connectivity index (χ2v) is 10.2. The first-order valence-electron chi connectivity index (χ1n) is 11.0. The number of rotatable bonds is 9. The molecule has 1 aliphatic heterocycles. The molecular formula is C23H27ClN4O5S. The minimum absolute atomic E-state index is 0.00787. The van der Waals surface area contributed by atoms with E-state index in [2.05, 4.69) is 15.0 Å². The van der Waals surface area contributed by atoms with E-state index in [-0.39, 0.29) is 22.6 Å². The van der Waals surface area contributed by atoms with Crippen molar-refractivity contribution in [2.45, 2.75) is 49.0 Å². The van der Waals surface area contributed by atoms with Crippen molar-refractivity contribution in [3.8, 4) is 17.0 Å². The van der Waals surface area contributed by atoms with Crippen molar-refractivity contribution in [3.63, 3.8) is 0 Å². The van der Waals surface area contributed by atoms with Crippen LogP contribution in [0.1, 0.15) is 19.3 Å². The Morgan fingerprint density at radius 1 is 1.24 bits per heavy atom. The van der Waals surface area contributed by atoms with Crippen LogP contribution >= 0.6 is 11.6 Å². The monoisotopic (exact) mass is 506 g/mol. The molecule has 2 N–H and O–H groups in total. The van der Waals surface area contributed by atoms with Crippen molar-refractivity contribution in [3.05, 3.63) is 59.8 Å². The molecule has 0 saturated carbocycles. The molecule has 1 aliphatic rings. The first-order chi connectivity index (χ1) is 16.4. The quantitative estimate of drug-likeness (QED) is 0.458. The molecule has 2 aromatic carbocycles. The summed E-state index contributed by atoms with van der Waals surface area (Å²) in [6.45, 7) is 0.283. The summed E-state index contributed by atoms with van der Waals surface area (Å²) < 4.78 is 41.2. The largest absolute Gasteiger partial charge is 0.497 e. The van der Waals surface area contributed by atoms with E-state index in [1.54, 1.807) is 23.9 Å². The molecule has 34 heavy (non-hydrogen) atoms. The van der Waals surface area contributed by atoms with Gasteiger partial charge in [0.05, 0.1) is 43.2 Å². The van der Waals surface area contributed by atoms with Crippen LogP contribution in [0.3, 0.4) is 0 Å². The Morgan fingerprint density at radius 3 is 2.82 bits per heavy atom. The normalized spacial score (nSPS) is 20.9. The first kappa shape index (κ1) is 24.6. The number of aliphatic hydroxyl groups excluding tert-OH is 1. The van der Waals surface area contributed by atoms with Gasteiger partial charge in [-0.15, -0.1) is 5.10 Å². The fourth-order valence-corrected chi connectivity index (χ4v) is 5.82. The van der Waals surface area contributed by atoms with Crippen LogP contribution < -0.4 is 9.46 Å². The molecule has 0 bridgehead atoms. The molecule has 0 amide bonds. The van der Waals surface area contributed by atoms with Gasteiger partial charge in [0.15, 0.2) is 0 Å². The SMILES string of the molecule is COc1cccc(-c2cn(CC[C@@H]3CC[C@@H](NS(=O)(=O)c4ccccc4Cl)[C@H](CO)O3)nn2)c1. The summed E-state index contributed by atoms with van der Waals surface area (Å²) in [5.74, 6) is 0.748. The predicted octanol–water partition coefficient (Wildman–Crippen LogP) is 2.88. The van der Waals surface area contributed by atoms with Crippen molar-refractivity contribution in [1.29, 1.82) is 0 Å². The van der Waals surface area contributed by atoms with E-state index in [0.717, 1.165) is 17.0 Å². The van der Waals surface area contributed by atoms with E-state index in [0.29, 0.717) is 25.8 Å². The molecule has 0 unspecified atom stereocenters. The number of hydrogen-bond acceptors (Lipinski definition) is 7. The fourth-order valence-electron chi connectivity index (χ4n) is 4.00. The number of aromatic nitrogens is 3. The lowest BCUT2D eigenvalue weighted by Gasteiger charge is -2.36. The maximum atomic E-state index is 12.8. The van der Waals surface area contributed by atoms with Crippen molar-refractivity contribution in [2.24, 2.45) is 0 Å². The van der Waals surface area contributed by atoms with Crippen LogP contribution in [0.4, 0.5) is 0 Å². The van der Waals surface area contributed by atoms with Gasteiger partial charge >= 0.3 is 0 Å². The zero-order chi connectivity index (χ0) is 24.1. The highest BCUT2D eigenvalue weighted by atomic mass is 35.5. The van der Waals surface area contributed by atoms with E-state index in [4.69, 9.17) is 21.1 Å². The fraction of sp³-hybridized carbons (Fsp3) is 0.391. The Kier molecular flexibility index (Phi) is 7.84. The number of sulfonamides is 1. The molecule has 2 heterocycles. The van der Waals surface area contributed by atoms with Gasteiger partial charge in [0.2, 0.25) is 10.0 Å². The number of halogens is 1. The van der Waals surface area contributed by atoms with E-state index in [9.17, 15) is 13.5 Å². The number of hydrogen-bond donors (Lipinski definition) is 2. The highest BCUT2D eigenvalue weighted by Gasteiger charge is 2.34. The molecule has 0 radical (unpaired) electrons. The number of ether oxygens (including phenoxy) is 2. The number of aliphatic hydroxyl groups is 1. The van der Waals surface area contributed by atoms with Crippen LogP contribution in [0, 0.1) is 0 Å². The summed E-state index contributed by atoms with van der Waals surface area (Å²) in [6, 6.07) is 13.3. The minimum Gasteiger partial charge on any atom is -0.497 e. The molecular weight excluding hydrogens is 480 g/mol. The van der Waals surface area contributed by atoms with Gasteiger partial charge in [-0.3, -0.25) is 4.68 Å². The third-order valence-electron chi connectivity index (χ3n) is 5.81. The van der Waals surface area contributed by atoms with Gasteiger partial charge in [0.1, 0.15) is 16.3 Å². The highest BCUT2D eigenvalue weighted by Crippen LogP contribution is 2.26. The summed E-state index contributed by atoms with van der Waals surface area (Å²) in [4.78, 5) is 0.00787. The smallest absolute Gasteiger partial charge is 0.242 e. The zero-order valence-corrected chi connectivity index (χ0v) is 20.2. The highest BCUT2D eigenvalue weighted by molar-refractivity contribution is 7.89. The molecule has 1 saturated heterocycles. The summed E-state index contributed by atoms with van der Waals surface area (Å²) in [7, 11) is -2.22. The summed E-state index contributed by atoms with van der Waals surface area (Å²) in [5.41, 5.74) is 1.65. The molecule has 0 spiro atoms. The second kappa shape index (κ2) is 10.8. The van der Waals surface area contributed by atoms with Crippen molar-refractivity contribution < 1.29 is 23.0 Å². The number of nitrogens with zero attached hydrogens (tertiary/aromatic N) is 3.